The Bertz CT molecular complexity index is 469. The van der Waals surface area contributed by atoms with Crippen LogP contribution in [-0.2, 0) is 0 Å². The maximum absolute atomic E-state index is 11.9. The van der Waals surface area contributed by atoms with E-state index in [-0.39, 0.29) is 19.1 Å². The smallest absolute Gasteiger partial charge is 0.290 e. The minimum atomic E-state index is -0.414. The second-order valence-electron chi connectivity index (χ2n) is 4.77. The van der Waals surface area contributed by atoms with E-state index in [9.17, 15) is 9.59 Å². The molecular formula is C12H18N2O4. The Labute approximate surface area is 105 Å². The second kappa shape index (κ2) is 5.49. The summed E-state index contributed by atoms with van der Waals surface area (Å²) in [6.07, 6.45) is 1.77. The number of aromatic nitrogens is 1. The van der Waals surface area contributed by atoms with E-state index in [4.69, 9.17) is 9.63 Å². The molecule has 0 aliphatic carbocycles. The normalized spacial score (nSPS) is 18.1. The zero-order chi connectivity index (χ0) is 13.1. The Hall–Kier alpha value is -1.40. The molecule has 100 valence electrons. The van der Waals surface area contributed by atoms with Crippen molar-refractivity contribution in [3.63, 3.8) is 0 Å². The van der Waals surface area contributed by atoms with Gasteiger partial charge in [0.1, 0.15) is 5.76 Å². The van der Waals surface area contributed by atoms with Gasteiger partial charge in [0.25, 0.3) is 11.5 Å². The van der Waals surface area contributed by atoms with Gasteiger partial charge in [-0.05, 0) is 38.8 Å². The molecule has 6 nitrogen and oxygen atoms in total. The van der Waals surface area contributed by atoms with E-state index in [0.29, 0.717) is 11.7 Å². The minimum Gasteiger partial charge on any atom is -0.396 e. The number of rotatable bonds is 3. The Balaban J connectivity index is 1.93. The fourth-order valence-electron chi connectivity index (χ4n) is 2.20. The quantitative estimate of drug-likeness (QED) is 0.827. The molecular weight excluding hydrogens is 236 g/mol. The van der Waals surface area contributed by atoms with Crippen LogP contribution >= 0.6 is 0 Å². The number of nitrogens with zero attached hydrogens (tertiary/aromatic N) is 2. The highest BCUT2D eigenvalue weighted by Crippen LogP contribution is 2.15. The summed E-state index contributed by atoms with van der Waals surface area (Å²) in [7, 11) is 0. The number of aliphatic hydroxyl groups is 1. The van der Waals surface area contributed by atoms with E-state index in [1.54, 1.807) is 6.92 Å². The van der Waals surface area contributed by atoms with Crippen LogP contribution in [0.3, 0.4) is 0 Å². The number of hydrogen-bond donors (Lipinski definition) is 1. The lowest BCUT2D eigenvalue weighted by molar-refractivity contribution is 0.0662. The first-order valence-corrected chi connectivity index (χ1v) is 6.16. The summed E-state index contributed by atoms with van der Waals surface area (Å²) in [6, 6.07) is 1.30. The van der Waals surface area contributed by atoms with Crippen molar-refractivity contribution in [2.75, 3.05) is 26.2 Å². The molecule has 1 aliphatic heterocycles. The predicted molar refractivity (Wildman–Crippen MR) is 64.6 cm³/mol. The van der Waals surface area contributed by atoms with Gasteiger partial charge in [-0.25, -0.2) is 0 Å². The van der Waals surface area contributed by atoms with Gasteiger partial charge in [-0.1, -0.05) is 0 Å². The predicted octanol–water partition coefficient (Wildman–Crippen LogP) is 0.0942. The van der Waals surface area contributed by atoms with Gasteiger partial charge in [0, 0.05) is 12.7 Å². The van der Waals surface area contributed by atoms with Crippen molar-refractivity contribution in [3.05, 3.63) is 22.2 Å². The van der Waals surface area contributed by atoms with Crippen LogP contribution in [0.4, 0.5) is 0 Å². The maximum atomic E-state index is 11.9. The van der Waals surface area contributed by atoms with Gasteiger partial charge in [-0.15, -0.1) is 4.74 Å². The third-order valence-corrected chi connectivity index (χ3v) is 3.31. The first-order chi connectivity index (χ1) is 8.60. The van der Waals surface area contributed by atoms with Crippen molar-refractivity contribution < 1.29 is 14.4 Å². The van der Waals surface area contributed by atoms with Gasteiger partial charge < -0.3 is 9.63 Å². The summed E-state index contributed by atoms with van der Waals surface area (Å²) < 4.78 is 5.86. The van der Waals surface area contributed by atoms with Gasteiger partial charge in [0.05, 0.1) is 6.54 Å². The number of aryl methyl sites for hydroxylation is 1. The molecule has 0 spiro atoms. The van der Waals surface area contributed by atoms with E-state index in [1.807, 2.05) is 4.90 Å². The Morgan fingerprint density at radius 2 is 2.17 bits per heavy atom. The summed E-state index contributed by atoms with van der Waals surface area (Å²) in [5.74, 6) is 0.438. The van der Waals surface area contributed by atoms with Crippen molar-refractivity contribution in [2.24, 2.45) is 5.92 Å². The van der Waals surface area contributed by atoms with Crippen LogP contribution < -0.4 is 5.56 Å². The Kier molecular flexibility index (Phi) is 3.98. The van der Waals surface area contributed by atoms with Gasteiger partial charge in [0.15, 0.2) is 0 Å². The summed E-state index contributed by atoms with van der Waals surface area (Å²) >= 11 is 0. The summed E-state index contributed by atoms with van der Waals surface area (Å²) in [5, 5.41) is 9.03. The van der Waals surface area contributed by atoms with E-state index >= 15 is 0 Å². The minimum absolute atomic E-state index is 0.186. The van der Waals surface area contributed by atoms with Crippen molar-refractivity contribution in [1.29, 1.82) is 0 Å². The SMILES string of the molecule is Cc1cc(=O)n(C(=O)CN2CCC(CO)CC2)o1. The van der Waals surface area contributed by atoms with Crippen LogP contribution in [0.5, 0.6) is 0 Å². The Morgan fingerprint density at radius 1 is 1.50 bits per heavy atom. The monoisotopic (exact) mass is 254 g/mol. The van der Waals surface area contributed by atoms with Crippen LogP contribution in [0.2, 0.25) is 0 Å². The van der Waals surface area contributed by atoms with Gasteiger partial charge in [0.2, 0.25) is 0 Å². The van der Waals surface area contributed by atoms with Crippen molar-refractivity contribution in [1.82, 2.24) is 9.64 Å². The van der Waals surface area contributed by atoms with Crippen LogP contribution in [0.15, 0.2) is 15.4 Å². The average molecular weight is 254 g/mol. The second-order valence-corrected chi connectivity index (χ2v) is 4.77. The molecule has 1 saturated heterocycles. The first kappa shape index (κ1) is 13.0. The third-order valence-electron chi connectivity index (χ3n) is 3.31. The van der Waals surface area contributed by atoms with Crippen LogP contribution in [0.25, 0.3) is 0 Å². The zero-order valence-electron chi connectivity index (χ0n) is 10.5. The highest BCUT2D eigenvalue weighted by atomic mass is 16.5. The van der Waals surface area contributed by atoms with E-state index in [0.717, 1.165) is 30.7 Å². The summed E-state index contributed by atoms with van der Waals surface area (Å²) in [6.45, 7) is 3.57. The lowest BCUT2D eigenvalue weighted by atomic mass is 9.98. The highest BCUT2D eigenvalue weighted by Gasteiger charge is 2.22. The van der Waals surface area contributed by atoms with Crippen molar-refractivity contribution in [2.45, 2.75) is 19.8 Å². The lowest BCUT2D eigenvalue weighted by Gasteiger charge is -2.30. The highest BCUT2D eigenvalue weighted by molar-refractivity contribution is 5.79. The lowest BCUT2D eigenvalue weighted by Crippen LogP contribution is -2.40. The number of hydrogen-bond acceptors (Lipinski definition) is 5. The molecule has 0 amide bonds. The van der Waals surface area contributed by atoms with Gasteiger partial charge in [-0.3, -0.25) is 14.5 Å². The summed E-state index contributed by atoms with van der Waals surface area (Å²) in [4.78, 5) is 25.3. The van der Waals surface area contributed by atoms with E-state index in [2.05, 4.69) is 0 Å². The molecule has 0 radical (unpaired) electrons. The van der Waals surface area contributed by atoms with Crippen molar-refractivity contribution in [3.8, 4) is 0 Å². The van der Waals surface area contributed by atoms with Crippen LogP contribution in [-0.4, -0.2) is 46.9 Å². The standard InChI is InChI=1S/C12H18N2O4/c1-9-6-11(16)14(18-9)12(17)7-13-4-2-10(8-15)3-5-13/h6,10,15H,2-5,7-8H2,1H3. The summed E-state index contributed by atoms with van der Waals surface area (Å²) in [5.41, 5.74) is -0.414. The van der Waals surface area contributed by atoms with Crippen LogP contribution in [0.1, 0.15) is 23.4 Å². The molecule has 0 atom stereocenters. The zero-order valence-corrected chi connectivity index (χ0v) is 10.5. The molecule has 1 N–H and O–H groups in total. The Morgan fingerprint density at radius 3 is 2.67 bits per heavy atom. The topological polar surface area (TPSA) is 75.7 Å². The van der Waals surface area contributed by atoms with Crippen molar-refractivity contribution >= 4 is 5.91 Å². The average Bonchev–Trinajstić information content (AvgIpc) is 2.69. The van der Waals surface area contributed by atoms with E-state index < -0.39 is 5.56 Å². The fourth-order valence-corrected chi connectivity index (χ4v) is 2.20. The fraction of sp³-hybridized carbons (Fsp3) is 0.667. The molecule has 0 unspecified atom stereocenters. The molecule has 6 heteroatoms. The number of carbonyl (C=O) groups excluding carboxylic acids is 1. The van der Waals surface area contributed by atoms with E-state index in [1.165, 1.54) is 6.07 Å². The number of likely N-dealkylation sites (tertiary alicyclic amines) is 1. The molecule has 1 aliphatic rings. The molecule has 1 aromatic heterocycles. The van der Waals surface area contributed by atoms with Crippen LogP contribution in [0, 0.1) is 12.8 Å². The third kappa shape index (κ3) is 2.88. The number of aliphatic hydroxyl groups excluding tert-OH is 1. The molecule has 1 fully saturated rings. The molecule has 0 saturated carbocycles. The molecule has 18 heavy (non-hydrogen) atoms. The largest absolute Gasteiger partial charge is 0.396 e. The number of carbonyl (C=O) groups is 1. The van der Waals surface area contributed by atoms with Gasteiger partial charge in [-0.2, -0.15) is 0 Å². The molecule has 2 heterocycles. The first-order valence-electron chi connectivity index (χ1n) is 6.16. The molecule has 0 aromatic carbocycles. The molecule has 1 aromatic rings. The number of piperidine rings is 1. The molecule has 0 bridgehead atoms. The maximum Gasteiger partial charge on any atom is 0.290 e. The van der Waals surface area contributed by atoms with Gasteiger partial charge >= 0.3 is 0 Å². The molecule has 2 rings (SSSR count).